The summed E-state index contributed by atoms with van der Waals surface area (Å²) in [5, 5.41) is 2.25. The van der Waals surface area contributed by atoms with Crippen molar-refractivity contribution in [3.8, 4) is 12.3 Å². The van der Waals surface area contributed by atoms with E-state index >= 15 is 0 Å². The van der Waals surface area contributed by atoms with Crippen LogP contribution in [0.25, 0.3) is 0 Å². The lowest BCUT2D eigenvalue weighted by Gasteiger charge is -2.27. The molecule has 1 unspecified atom stereocenters. The summed E-state index contributed by atoms with van der Waals surface area (Å²) >= 11 is 0. The van der Waals surface area contributed by atoms with Crippen LogP contribution in [0.15, 0.2) is 24.3 Å². The van der Waals surface area contributed by atoms with Crippen molar-refractivity contribution >= 4 is 17.9 Å². The predicted octanol–water partition coefficient (Wildman–Crippen LogP) is 0.966. The van der Waals surface area contributed by atoms with Gasteiger partial charge in [-0.05, 0) is 24.1 Å². The SMILES string of the molecule is C#Cc1cccc([C@H]2CN(C3CCC(=O)NC3=O)C(=O)O2)c1. The van der Waals surface area contributed by atoms with E-state index in [-0.39, 0.29) is 18.9 Å². The van der Waals surface area contributed by atoms with Crippen molar-refractivity contribution in [2.45, 2.75) is 25.0 Å². The van der Waals surface area contributed by atoms with Crippen LogP contribution in [0.2, 0.25) is 0 Å². The van der Waals surface area contributed by atoms with Gasteiger partial charge in [0, 0.05) is 12.0 Å². The highest BCUT2D eigenvalue weighted by molar-refractivity contribution is 6.01. The molecule has 2 heterocycles. The molecule has 2 fully saturated rings. The smallest absolute Gasteiger partial charge is 0.411 e. The maximum Gasteiger partial charge on any atom is 0.411 e. The topological polar surface area (TPSA) is 75.7 Å². The second-order valence-electron chi connectivity index (χ2n) is 5.26. The van der Waals surface area contributed by atoms with Crippen LogP contribution in [0.4, 0.5) is 4.79 Å². The first-order chi connectivity index (χ1) is 10.6. The van der Waals surface area contributed by atoms with E-state index < -0.39 is 24.1 Å². The van der Waals surface area contributed by atoms with Crippen LogP contribution in [-0.2, 0) is 14.3 Å². The molecule has 6 nitrogen and oxygen atoms in total. The molecule has 0 radical (unpaired) electrons. The lowest BCUT2D eigenvalue weighted by molar-refractivity contribution is -0.136. The van der Waals surface area contributed by atoms with Crippen molar-refractivity contribution in [2.24, 2.45) is 0 Å². The van der Waals surface area contributed by atoms with E-state index in [1.54, 1.807) is 18.2 Å². The summed E-state index contributed by atoms with van der Waals surface area (Å²) in [5.74, 6) is 1.77. The third kappa shape index (κ3) is 2.53. The van der Waals surface area contributed by atoms with E-state index in [4.69, 9.17) is 11.2 Å². The summed E-state index contributed by atoms with van der Waals surface area (Å²) in [4.78, 5) is 36.5. The van der Waals surface area contributed by atoms with Crippen LogP contribution < -0.4 is 5.32 Å². The van der Waals surface area contributed by atoms with Gasteiger partial charge in [0.15, 0.2) is 0 Å². The van der Waals surface area contributed by atoms with Crippen molar-refractivity contribution in [3.63, 3.8) is 0 Å². The van der Waals surface area contributed by atoms with Gasteiger partial charge in [-0.25, -0.2) is 4.79 Å². The number of ether oxygens (including phenoxy) is 1. The van der Waals surface area contributed by atoms with E-state index in [0.717, 1.165) is 5.56 Å². The molecule has 0 spiro atoms. The van der Waals surface area contributed by atoms with Crippen molar-refractivity contribution in [1.82, 2.24) is 10.2 Å². The van der Waals surface area contributed by atoms with Crippen LogP contribution in [0.1, 0.15) is 30.1 Å². The molecule has 0 aromatic heterocycles. The molecule has 22 heavy (non-hydrogen) atoms. The van der Waals surface area contributed by atoms with Gasteiger partial charge in [0.05, 0.1) is 6.54 Å². The number of rotatable bonds is 2. The molecular formula is C16H14N2O4. The van der Waals surface area contributed by atoms with Crippen molar-refractivity contribution < 1.29 is 19.1 Å². The van der Waals surface area contributed by atoms with E-state index in [9.17, 15) is 14.4 Å². The van der Waals surface area contributed by atoms with Crippen LogP contribution >= 0.6 is 0 Å². The minimum atomic E-state index is -0.661. The third-order valence-electron chi connectivity index (χ3n) is 3.85. The third-order valence-corrected chi connectivity index (χ3v) is 3.85. The van der Waals surface area contributed by atoms with Crippen LogP contribution in [0.3, 0.4) is 0 Å². The molecule has 1 N–H and O–H groups in total. The lowest BCUT2D eigenvalue weighted by atomic mass is 10.0. The molecule has 3 amide bonds. The summed E-state index contributed by atoms with van der Waals surface area (Å²) in [6.45, 7) is 0.263. The van der Waals surface area contributed by atoms with Gasteiger partial charge >= 0.3 is 6.09 Å². The predicted molar refractivity (Wildman–Crippen MR) is 76.5 cm³/mol. The molecule has 2 saturated heterocycles. The first-order valence-electron chi connectivity index (χ1n) is 6.96. The standard InChI is InChI=1S/C16H14N2O4/c1-2-10-4-3-5-11(8-10)13-9-18(16(21)22-13)12-6-7-14(19)17-15(12)20/h1,3-5,8,12-13H,6-7,9H2,(H,17,19,20)/t12?,13-/m1/s1. The number of cyclic esters (lactones) is 1. The van der Waals surface area contributed by atoms with Crippen LogP contribution in [0, 0.1) is 12.3 Å². The maximum atomic E-state index is 12.0. The molecular weight excluding hydrogens is 284 g/mol. The summed E-state index contributed by atoms with van der Waals surface area (Å²) in [5.41, 5.74) is 1.49. The Balaban J connectivity index is 1.77. The van der Waals surface area contributed by atoms with Gasteiger partial charge in [0.1, 0.15) is 12.1 Å². The van der Waals surface area contributed by atoms with Crippen LogP contribution in [0.5, 0.6) is 0 Å². The fourth-order valence-corrected chi connectivity index (χ4v) is 2.72. The Hall–Kier alpha value is -2.81. The van der Waals surface area contributed by atoms with Gasteiger partial charge in [-0.15, -0.1) is 6.42 Å². The van der Waals surface area contributed by atoms with Crippen molar-refractivity contribution in [2.75, 3.05) is 6.54 Å². The second-order valence-corrected chi connectivity index (χ2v) is 5.26. The summed E-state index contributed by atoms with van der Waals surface area (Å²) in [6, 6.07) is 6.54. The highest BCUT2D eigenvalue weighted by Crippen LogP contribution is 2.29. The Morgan fingerprint density at radius 1 is 1.32 bits per heavy atom. The molecule has 2 aliphatic heterocycles. The zero-order chi connectivity index (χ0) is 15.7. The number of hydrogen-bond donors (Lipinski definition) is 1. The van der Waals surface area contributed by atoms with Gasteiger partial charge in [-0.2, -0.15) is 0 Å². The first kappa shape index (κ1) is 14.1. The molecule has 2 atom stereocenters. The zero-order valence-corrected chi connectivity index (χ0v) is 11.7. The molecule has 2 aliphatic rings. The Morgan fingerprint density at radius 3 is 2.86 bits per heavy atom. The molecule has 0 bridgehead atoms. The summed E-state index contributed by atoms with van der Waals surface area (Å²) in [6.07, 6.45) is 4.89. The van der Waals surface area contributed by atoms with Crippen LogP contribution in [-0.4, -0.2) is 35.4 Å². The largest absolute Gasteiger partial charge is 0.439 e. The van der Waals surface area contributed by atoms with E-state index in [1.807, 2.05) is 6.07 Å². The first-order valence-corrected chi connectivity index (χ1v) is 6.96. The monoisotopic (exact) mass is 298 g/mol. The average Bonchev–Trinajstić information content (AvgIpc) is 2.89. The molecule has 3 rings (SSSR count). The van der Waals surface area contributed by atoms with Crippen molar-refractivity contribution in [3.05, 3.63) is 35.4 Å². The Morgan fingerprint density at radius 2 is 2.14 bits per heavy atom. The van der Waals surface area contributed by atoms with Gasteiger partial charge in [0.25, 0.3) is 0 Å². The lowest BCUT2D eigenvalue weighted by Crippen LogP contribution is -2.52. The second kappa shape index (κ2) is 5.53. The number of nitrogens with zero attached hydrogens (tertiary/aromatic N) is 1. The highest BCUT2D eigenvalue weighted by Gasteiger charge is 2.41. The number of imide groups is 1. The number of hydrogen-bond acceptors (Lipinski definition) is 4. The number of amides is 3. The van der Waals surface area contributed by atoms with E-state index in [1.165, 1.54) is 4.90 Å². The summed E-state index contributed by atoms with van der Waals surface area (Å²) < 4.78 is 5.34. The fraction of sp³-hybridized carbons (Fsp3) is 0.312. The number of carbonyl (C=O) groups is 3. The molecule has 0 aliphatic carbocycles. The zero-order valence-electron chi connectivity index (χ0n) is 11.7. The van der Waals surface area contributed by atoms with Gasteiger partial charge in [-0.1, -0.05) is 18.1 Å². The normalized spacial score (nSPS) is 24.7. The number of carbonyl (C=O) groups excluding carboxylic acids is 3. The Labute approximate surface area is 127 Å². The Bertz CT molecular complexity index is 692. The maximum absolute atomic E-state index is 12.0. The number of piperidine rings is 1. The molecule has 112 valence electrons. The van der Waals surface area contributed by atoms with Gasteiger partial charge in [0.2, 0.25) is 11.8 Å². The molecule has 1 aromatic rings. The summed E-state index contributed by atoms with van der Waals surface area (Å²) in [7, 11) is 0. The minimum absolute atomic E-state index is 0.220. The quantitative estimate of drug-likeness (QED) is 0.652. The van der Waals surface area contributed by atoms with E-state index in [0.29, 0.717) is 12.0 Å². The van der Waals surface area contributed by atoms with Crippen molar-refractivity contribution in [1.29, 1.82) is 0 Å². The molecule has 6 heteroatoms. The minimum Gasteiger partial charge on any atom is -0.439 e. The fourth-order valence-electron chi connectivity index (χ4n) is 2.72. The molecule has 1 aromatic carbocycles. The van der Waals surface area contributed by atoms with Gasteiger partial charge < -0.3 is 4.74 Å². The number of terminal acetylenes is 1. The average molecular weight is 298 g/mol. The van der Waals surface area contributed by atoms with E-state index in [2.05, 4.69) is 11.2 Å². The number of benzene rings is 1. The number of nitrogens with one attached hydrogen (secondary N) is 1. The Kier molecular flexibility index (Phi) is 3.55. The molecule has 0 saturated carbocycles. The van der Waals surface area contributed by atoms with Gasteiger partial charge in [-0.3, -0.25) is 19.8 Å². The highest BCUT2D eigenvalue weighted by atomic mass is 16.6.